The van der Waals surface area contributed by atoms with Crippen molar-refractivity contribution in [2.45, 2.75) is 31.2 Å². The van der Waals surface area contributed by atoms with E-state index in [0.717, 1.165) is 75.3 Å². The quantitative estimate of drug-likeness (QED) is 0.857. The van der Waals surface area contributed by atoms with Crippen LogP contribution in [0.2, 0.25) is 0 Å². The Kier molecular flexibility index (Phi) is 3.45. The van der Waals surface area contributed by atoms with E-state index in [-0.39, 0.29) is 11.5 Å². The third-order valence-electron chi connectivity index (χ3n) is 6.07. The number of carbonyl (C=O) groups is 1. The van der Waals surface area contributed by atoms with Gasteiger partial charge in [-0.25, -0.2) is 9.97 Å². The monoisotopic (exact) mass is 340 g/mol. The number of carbonyl (C=O) groups excluding carboxylic acids is 1. The van der Waals surface area contributed by atoms with Gasteiger partial charge in [-0.05, 0) is 44.8 Å². The van der Waals surface area contributed by atoms with Gasteiger partial charge in [-0.15, -0.1) is 0 Å². The van der Waals surface area contributed by atoms with Gasteiger partial charge < -0.3 is 20.1 Å². The Morgan fingerprint density at radius 1 is 1.20 bits per heavy atom. The molecule has 2 N–H and O–H groups in total. The van der Waals surface area contributed by atoms with Crippen LogP contribution in [0.1, 0.15) is 25.7 Å². The number of hydrogen-bond acceptors (Lipinski definition) is 5. The largest absolute Gasteiger partial charge is 0.352 e. The van der Waals surface area contributed by atoms with Gasteiger partial charge in [0.25, 0.3) is 0 Å². The molecule has 2 aromatic rings. The minimum atomic E-state index is 0.0355. The molecule has 25 heavy (non-hydrogen) atoms. The molecule has 7 nitrogen and oxygen atoms in total. The molecule has 2 saturated heterocycles. The van der Waals surface area contributed by atoms with Crippen molar-refractivity contribution in [2.24, 2.45) is 5.92 Å². The first-order chi connectivity index (χ1) is 12.3. The average molecular weight is 340 g/mol. The number of hydrogen-bond donors (Lipinski definition) is 2. The van der Waals surface area contributed by atoms with E-state index >= 15 is 0 Å². The van der Waals surface area contributed by atoms with E-state index in [1.807, 2.05) is 12.3 Å². The van der Waals surface area contributed by atoms with E-state index < -0.39 is 0 Å². The van der Waals surface area contributed by atoms with Crippen molar-refractivity contribution < 1.29 is 4.79 Å². The summed E-state index contributed by atoms with van der Waals surface area (Å²) in [6, 6.07) is 2.04. The summed E-state index contributed by atoms with van der Waals surface area (Å²) in [5.41, 5.74) is 0.913. The minimum absolute atomic E-state index is 0.0355. The van der Waals surface area contributed by atoms with Crippen molar-refractivity contribution in [3.05, 3.63) is 18.6 Å². The van der Waals surface area contributed by atoms with Crippen molar-refractivity contribution in [2.75, 3.05) is 37.6 Å². The van der Waals surface area contributed by atoms with Gasteiger partial charge in [-0.2, -0.15) is 0 Å². The van der Waals surface area contributed by atoms with Crippen LogP contribution in [0, 0.1) is 5.92 Å². The number of piperazine rings is 1. The van der Waals surface area contributed by atoms with Crippen LogP contribution in [0.3, 0.4) is 0 Å². The number of aromatic nitrogens is 3. The number of fused-ring (bicyclic) bond motifs is 1. The lowest BCUT2D eigenvalue weighted by Gasteiger charge is -2.44. The van der Waals surface area contributed by atoms with Crippen molar-refractivity contribution in [3.63, 3.8) is 0 Å². The lowest BCUT2D eigenvalue weighted by molar-refractivity contribution is -0.140. The van der Waals surface area contributed by atoms with Gasteiger partial charge >= 0.3 is 0 Å². The van der Waals surface area contributed by atoms with E-state index in [9.17, 15) is 4.79 Å². The smallest absolute Gasteiger partial charge is 0.226 e. The Hall–Kier alpha value is -2.15. The van der Waals surface area contributed by atoms with Gasteiger partial charge in [-0.3, -0.25) is 4.79 Å². The highest BCUT2D eigenvalue weighted by atomic mass is 16.2. The highest BCUT2D eigenvalue weighted by Crippen LogP contribution is 2.46. The van der Waals surface area contributed by atoms with Crippen molar-refractivity contribution >= 4 is 22.8 Å². The zero-order valence-corrected chi connectivity index (χ0v) is 14.4. The Labute approximate surface area is 146 Å². The summed E-state index contributed by atoms with van der Waals surface area (Å²) in [6.07, 6.45) is 7.71. The normalized spacial score (nSPS) is 23.4. The van der Waals surface area contributed by atoms with Crippen molar-refractivity contribution in [1.82, 2.24) is 25.2 Å². The predicted molar refractivity (Wildman–Crippen MR) is 95.4 cm³/mol. The molecular formula is C18H24N6O. The van der Waals surface area contributed by atoms with Crippen LogP contribution < -0.4 is 10.2 Å². The first-order valence-electron chi connectivity index (χ1n) is 9.32. The van der Waals surface area contributed by atoms with Crippen molar-refractivity contribution in [3.8, 4) is 0 Å². The van der Waals surface area contributed by atoms with Gasteiger partial charge in [0.05, 0.1) is 10.9 Å². The van der Waals surface area contributed by atoms with E-state index in [1.54, 1.807) is 6.33 Å². The van der Waals surface area contributed by atoms with Crippen molar-refractivity contribution in [1.29, 1.82) is 0 Å². The highest BCUT2D eigenvalue weighted by molar-refractivity contribution is 5.87. The third-order valence-corrected chi connectivity index (χ3v) is 6.07. The molecule has 5 rings (SSSR count). The van der Waals surface area contributed by atoms with Gasteiger partial charge in [0.1, 0.15) is 17.8 Å². The molecule has 7 heteroatoms. The summed E-state index contributed by atoms with van der Waals surface area (Å²) in [4.78, 5) is 29.6. The SMILES string of the molecule is O=C(C1CCNCC1)N1CCN(c2ncnc3[nH]ccc23)CC12CC2. The Bertz CT molecular complexity index is 792. The first-order valence-corrected chi connectivity index (χ1v) is 9.32. The fraction of sp³-hybridized carbons (Fsp3) is 0.611. The maximum absolute atomic E-state index is 13.1. The predicted octanol–water partition coefficient (Wildman–Crippen LogP) is 1.14. The van der Waals surface area contributed by atoms with Gasteiger partial charge in [0.15, 0.2) is 0 Å². The molecule has 0 atom stereocenters. The second-order valence-electron chi connectivity index (χ2n) is 7.60. The van der Waals surface area contributed by atoms with Gasteiger partial charge in [-0.1, -0.05) is 0 Å². The molecule has 2 aromatic heterocycles. The summed E-state index contributed by atoms with van der Waals surface area (Å²) in [5.74, 6) is 1.58. The maximum atomic E-state index is 13.1. The number of nitrogens with zero attached hydrogens (tertiary/aromatic N) is 4. The van der Waals surface area contributed by atoms with E-state index in [2.05, 4.69) is 30.1 Å². The lowest BCUT2D eigenvalue weighted by atomic mass is 9.94. The summed E-state index contributed by atoms with van der Waals surface area (Å²) < 4.78 is 0. The molecule has 1 aliphatic carbocycles. The van der Waals surface area contributed by atoms with E-state index in [0.29, 0.717) is 5.91 Å². The highest BCUT2D eigenvalue weighted by Gasteiger charge is 2.54. The third kappa shape index (κ3) is 2.49. The number of H-pyrrole nitrogens is 1. The van der Waals surface area contributed by atoms with Crippen LogP contribution in [0.15, 0.2) is 18.6 Å². The number of aromatic amines is 1. The second kappa shape index (κ2) is 5.69. The maximum Gasteiger partial charge on any atom is 0.226 e. The van der Waals surface area contributed by atoms with Crippen LogP contribution in [-0.2, 0) is 4.79 Å². The Balaban J connectivity index is 1.37. The van der Waals surface area contributed by atoms with E-state index in [1.165, 1.54) is 0 Å². The molecule has 0 aromatic carbocycles. The molecular weight excluding hydrogens is 316 g/mol. The first kappa shape index (κ1) is 15.1. The molecule has 2 aliphatic heterocycles. The number of anilines is 1. The summed E-state index contributed by atoms with van der Waals surface area (Å²) in [6.45, 7) is 4.47. The standard InChI is InChI=1S/C18H24N6O/c25-17(13-1-6-19-7-2-13)24-10-9-23(11-18(24)4-5-18)16-14-3-8-20-15(14)21-12-22-16/h3,8,12-13,19H,1-2,4-7,9-11H2,(H,20,21,22). The van der Waals surface area contributed by atoms with Crippen LogP contribution in [0.25, 0.3) is 11.0 Å². The van der Waals surface area contributed by atoms with Crippen LogP contribution in [-0.4, -0.2) is 64.0 Å². The molecule has 3 aliphatic rings. The number of amides is 1. The molecule has 4 heterocycles. The molecule has 1 amide bonds. The van der Waals surface area contributed by atoms with Gasteiger partial charge in [0, 0.05) is 31.7 Å². The topological polar surface area (TPSA) is 77.2 Å². The minimum Gasteiger partial charge on any atom is -0.352 e. The summed E-state index contributed by atoms with van der Waals surface area (Å²) in [5, 5.41) is 4.42. The van der Waals surface area contributed by atoms with Gasteiger partial charge in [0.2, 0.25) is 5.91 Å². The fourth-order valence-corrected chi connectivity index (χ4v) is 4.47. The summed E-state index contributed by atoms with van der Waals surface area (Å²) in [7, 11) is 0. The zero-order valence-electron chi connectivity index (χ0n) is 14.4. The molecule has 1 saturated carbocycles. The van der Waals surface area contributed by atoms with E-state index in [4.69, 9.17) is 0 Å². The second-order valence-corrected chi connectivity index (χ2v) is 7.60. The Morgan fingerprint density at radius 2 is 2.04 bits per heavy atom. The number of nitrogens with one attached hydrogen (secondary N) is 2. The molecule has 3 fully saturated rings. The van der Waals surface area contributed by atoms with Crippen LogP contribution in [0.5, 0.6) is 0 Å². The Morgan fingerprint density at radius 3 is 2.84 bits per heavy atom. The van der Waals surface area contributed by atoms with Crippen LogP contribution >= 0.6 is 0 Å². The molecule has 0 bridgehead atoms. The summed E-state index contributed by atoms with van der Waals surface area (Å²) >= 11 is 0. The number of piperidine rings is 1. The molecule has 0 radical (unpaired) electrons. The molecule has 132 valence electrons. The average Bonchev–Trinajstić information content (AvgIpc) is 3.24. The zero-order chi connectivity index (χ0) is 16.9. The fourth-order valence-electron chi connectivity index (χ4n) is 4.47. The molecule has 0 unspecified atom stereocenters. The molecule has 1 spiro atoms. The lowest BCUT2D eigenvalue weighted by Crippen LogP contribution is -2.59. The number of rotatable bonds is 2. The van der Waals surface area contributed by atoms with Crippen LogP contribution in [0.4, 0.5) is 5.82 Å².